The van der Waals surface area contributed by atoms with Crippen LogP contribution in [0.3, 0.4) is 0 Å². The van der Waals surface area contributed by atoms with E-state index in [4.69, 9.17) is 30.6 Å². The van der Waals surface area contributed by atoms with Crippen molar-refractivity contribution >= 4 is 213 Å². The third-order valence-electron chi connectivity index (χ3n) is 30.0. The van der Waals surface area contributed by atoms with Crippen LogP contribution in [0.2, 0.25) is 0 Å². The molecule has 1 atom stereocenters. The zero-order valence-electron chi connectivity index (χ0n) is 88.2. The highest BCUT2D eigenvalue weighted by molar-refractivity contribution is 7.12. The van der Waals surface area contributed by atoms with Crippen molar-refractivity contribution in [1.82, 2.24) is 24.2 Å². The molecule has 0 aliphatic carbocycles. The Kier molecular flexibility index (Phi) is 21.9. The fourth-order valence-corrected chi connectivity index (χ4v) is 23.2. The summed E-state index contributed by atoms with van der Waals surface area (Å²) < 4.78 is 77.6. The van der Waals surface area contributed by atoms with Crippen LogP contribution in [0.4, 0.5) is 5.69 Å². The maximum atomic E-state index is 8.12. The molecule has 0 saturated heterocycles. The SMILES string of the molecule is Cc1ccc2c(oc3c4ccccc4ccc23)c1-c1n(C)cc[n+]1C.Cc1ccc2c(oc3c4ccccc4ccc23)c1-c1scc[n+]1C.Cc1ccc2c(oc3c4ccccc4ccc23)c1-n1ccc[n+]1C.Cc1ccc2c(oc3c4ccccc4ccc23)c1N1C=CN(C)[C@@H]1C.Cc1cnc2c(oc3c4ccccc4ccc23)c1-c1cccc[n+]1C.[2H]C([2H])([2H])c1cc(C)c(-c2cccn[n+]2C)c2oc3c4ccccc4ccc3c12. The van der Waals surface area contributed by atoms with Gasteiger partial charge in [-0.2, -0.15) is 4.57 Å². The molecule has 29 aromatic rings. The number of pyridine rings is 2. The van der Waals surface area contributed by atoms with E-state index in [1.165, 1.54) is 108 Å². The summed E-state index contributed by atoms with van der Waals surface area (Å²) in [7, 11) is 14.3. The summed E-state index contributed by atoms with van der Waals surface area (Å²) in [5, 5.41) is 33.4. The number of hydrogen-bond donors (Lipinski definition) is 0. The number of aryl methyl sites for hydroxylation is 13. The summed E-state index contributed by atoms with van der Waals surface area (Å²) in [4.78, 5) is 9.19. The summed E-state index contributed by atoms with van der Waals surface area (Å²) in [5.41, 5.74) is 27.4. The quantitative estimate of drug-likeness (QED) is 0.148. The van der Waals surface area contributed by atoms with Crippen LogP contribution < -0.4 is 28.0 Å². The van der Waals surface area contributed by atoms with Gasteiger partial charge in [0.2, 0.25) is 11.4 Å². The number of rotatable bonds is 6. The van der Waals surface area contributed by atoms with Gasteiger partial charge in [-0.05, 0) is 180 Å². The van der Waals surface area contributed by atoms with Crippen LogP contribution in [0, 0.1) is 48.4 Å². The maximum absolute atomic E-state index is 8.12. The fraction of sp³-hybridized carbons (Fsp3) is 0.122. The van der Waals surface area contributed by atoms with E-state index < -0.39 is 6.85 Å². The average Bonchev–Trinajstić information content (AvgIpc) is 1.57. The predicted molar refractivity (Wildman–Crippen MR) is 609 cm³/mol. The number of aromatic nitrogens is 9. The highest BCUT2D eigenvalue weighted by atomic mass is 32.1. The highest BCUT2D eigenvalue weighted by Crippen LogP contribution is 2.49. The molecule has 0 N–H and O–H groups in total. The molecule has 0 fully saturated rings. The first-order valence-electron chi connectivity index (χ1n) is 51.7. The first kappa shape index (κ1) is 88.6. The van der Waals surface area contributed by atoms with Crippen LogP contribution in [0.15, 0.2) is 403 Å². The molecule has 724 valence electrons. The van der Waals surface area contributed by atoms with Crippen LogP contribution in [-0.4, -0.2) is 37.4 Å². The molecule has 0 unspecified atom stereocenters. The van der Waals surface area contributed by atoms with Gasteiger partial charge in [-0.3, -0.25) is 4.98 Å². The Morgan fingerprint density at radius 1 is 0.322 bits per heavy atom. The van der Waals surface area contributed by atoms with Gasteiger partial charge in [0.15, 0.2) is 66.3 Å². The largest absolute Gasteiger partial charge is 0.454 e. The molecule has 0 saturated carbocycles. The molecule has 149 heavy (non-hydrogen) atoms. The van der Waals surface area contributed by atoms with Gasteiger partial charge in [-0.15, -0.1) is 9.36 Å². The number of thiazole rings is 1. The highest BCUT2D eigenvalue weighted by Gasteiger charge is 2.32. The molecule has 1 aliphatic heterocycles. The molecular formula is C131H108N11O6S+5. The summed E-state index contributed by atoms with van der Waals surface area (Å²) in [6, 6.07) is 107. The smallest absolute Gasteiger partial charge is 0.292 e. The standard InChI is InChI=1S/C23H19N2O.C22H19N2O.C22H20N2O.C22H17N2O.C21H17N2O.C21H16NOS/c1-14-13-15(2)21(19-9-6-12-24-25(19)3)23-20(14)18-11-10-16-7-4-5-8-17(16)22(18)26-23;1-14-8-10-18-17-11-9-15-6-4-5-7-16(15)20(17)25-21(18)19(14)22-23(2)12-13-24(22)3;1-14-8-10-19-18-11-9-16-6-4-5-7-17(16)21(18)25-22(19)20(14)24-13-12-23(3)15(24)2;1-14-13-23-20-17-11-10-15-7-3-4-8-16(15)21(17)25-22(20)19(14)18-9-5-6-12-24(18)2;1-14-8-10-18-17-11-9-15-6-3-4-7-16(15)20(17)24-21(18)19(14)23-13-5-12-22(23)2;1-13-7-9-17-16-10-8-14-5-3-4-6-15(14)19(16)23-20(17)18(13)21-22(2)11-12-24-21/h4-13H,1-3H3;4-13H,1-3H3;4-13,15H,1-3H3;3-13H,1-2H3;3-13H,1-2H3;3-12H,1-2H3/q2*+1;;3*+1/t;;15-;;;/m..0.../s1/i1D3;;;;;. The van der Waals surface area contributed by atoms with E-state index in [1.807, 2.05) is 100 Å². The molecule has 30 rings (SSSR count). The number of hydrogen-bond acceptors (Lipinski definition) is 11. The third-order valence-corrected chi connectivity index (χ3v) is 31.0. The van der Waals surface area contributed by atoms with E-state index in [0.717, 1.165) is 161 Å². The normalized spacial score (nSPS) is 13.1. The summed E-state index contributed by atoms with van der Waals surface area (Å²) >= 11 is 1.75. The summed E-state index contributed by atoms with van der Waals surface area (Å²) in [5.74, 6) is 1.14. The van der Waals surface area contributed by atoms with Gasteiger partial charge in [-0.25, -0.2) is 13.7 Å². The van der Waals surface area contributed by atoms with Gasteiger partial charge in [0.25, 0.3) is 10.8 Å². The molecule has 13 heterocycles. The maximum Gasteiger partial charge on any atom is 0.292 e. The van der Waals surface area contributed by atoms with E-state index >= 15 is 0 Å². The lowest BCUT2D eigenvalue weighted by atomic mass is 9.96. The van der Waals surface area contributed by atoms with Crippen molar-refractivity contribution in [2.45, 2.75) is 61.5 Å². The number of anilines is 1. The lowest BCUT2D eigenvalue weighted by Gasteiger charge is -2.28. The van der Waals surface area contributed by atoms with Crippen molar-refractivity contribution in [3.63, 3.8) is 0 Å². The van der Waals surface area contributed by atoms with E-state index in [0.29, 0.717) is 22.1 Å². The predicted octanol–water partition coefficient (Wildman–Crippen LogP) is 30.9. The van der Waals surface area contributed by atoms with Crippen molar-refractivity contribution < 1.29 is 53.7 Å². The van der Waals surface area contributed by atoms with Gasteiger partial charge in [-0.1, -0.05) is 253 Å². The van der Waals surface area contributed by atoms with Crippen molar-refractivity contribution in [3.8, 4) is 50.2 Å². The van der Waals surface area contributed by atoms with Gasteiger partial charge in [0, 0.05) is 146 Å². The van der Waals surface area contributed by atoms with E-state index in [2.05, 4.69) is 410 Å². The Bertz CT molecular complexity index is 10500. The number of nitrogens with zero attached hydrogens (tertiary/aromatic N) is 11. The number of benzene rings is 17. The van der Waals surface area contributed by atoms with E-state index in [-0.39, 0.29) is 6.17 Å². The number of furan rings is 6. The van der Waals surface area contributed by atoms with E-state index in [1.54, 1.807) is 28.3 Å². The Hall–Kier alpha value is -18.1. The van der Waals surface area contributed by atoms with Gasteiger partial charge in [0.05, 0.1) is 48.7 Å². The van der Waals surface area contributed by atoms with Crippen molar-refractivity contribution in [1.29, 1.82) is 0 Å². The second-order valence-electron chi connectivity index (χ2n) is 39.2. The fourth-order valence-electron chi connectivity index (χ4n) is 22.3. The first-order valence-corrected chi connectivity index (χ1v) is 51.1. The van der Waals surface area contributed by atoms with Crippen LogP contribution in [0.5, 0.6) is 0 Å². The van der Waals surface area contributed by atoms with Crippen LogP contribution in [-0.2, 0) is 42.3 Å². The van der Waals surface area contributed by atoms with Gasteiger partial charge < -0.3 is 36.3 Å². The Morgan fingerprint density at radius 3 is 1.22 bits per heavy atom. The molecule has 18 heteroatoms. The minimum Gasteiger partial charge on any atom is -0.454 e. The zero-order valence-corrected chi connectivity index (χ0v) is 86.0. The van der Waals surface area contributed by atoms with Crippen molar-refractivity contribution in [2.24, 2.45) is 42.3 Å². The monoisotopic (exact) mass is 1970 g/mol. The van der Waals surface area contributed by atoms with Crippen LogP contribution >= 0.6 is 11.3 Å². The number of imidazole rings is 1. The van der Waals surface area contributed by atoms with Gasteiger partial charge >= 0.3 is 0 Å². The molecule has 17 aromatic carbocycles. The van der Waals surface area contributed by atoms with Gasteiger partial charge in [0.1, 0.15) is 88.4 Å². The van der Waals surface area contributed by atoms with Crippen molar-refractivity contribution in [2.75, 3.05) is 11.9 Å². The molecule has 17 nitrogen and oxygen atoms in total. The Labute approximate surface area is 867 Å². The molecule has 12 aromatic heterocycles. The number of fused-ring (bicyclic) bond motifs is 30. The summed E-state index contributed by atoms with van der Waals surface area (Å²) in [6.07, 6.45) is 20.6. The minimum absolute atomic E-state index is 0.272. The first-order chi connectivity index (χ1) is 73.9. The van der Waals surface area contributed by atoms with Crippen LogP contribution in [0.25, 0.3) is 247 Å². The molecule has 0 spiro atoms. The Morgan fingerprint density at radius 2 is 0.745 bits per heavy atom. The molecule has 0 radical (unpaired) electrons. The minimum atomic E-state index is -2.25. The lowest BCUT2D eigenvalue weighted by molar-refractivity contribution is -0.744. The van der Waals surface area contributed by atoms with Crippen LogP contribution in [0.1, 0.15) is 50.0 Å². The zero-order chi connectivity index (χ0) is 104. The second-order valence-corrected chi connectivity index (χ2v) is 40.1. The summed E-state index contributed by atoms with van der Waals surface area (Å²) in [6.45, 7) is 12.5. The second kappa shape index (κ2) is 36.9. The average molecular weight is 1970 g/mol. The van der Waals surface area contributed by atoms with E-state index in [9.17, 15) is 0 Å². The van der Waals surface area contributed by atoms with Crippen molar-refractivity contribution in [3.05, 3.63) is 416 Å². The Balaban J connectivity index is 0.0000000941. The third kappa shape index (κ3) is 15.4. The molecule has 1 aliphatic rings. The molecular weight excluding hydrogens is 1860 g/mol. The topological polar surface area (TPSA) is 140 Å². The molecule has 0 amide bonds. The molecule has 0 bridgehead atoms. The lowest BCUT2D eigenvalue weighted by Crippen LogP contribution is -2.37.